The van der Waals surface area contributed by atoms with Crippen LogP contribution in [0.4, 0.5) is 0 Å². The minimum Gasteiger partial charge on any atom is -0.357 e. The molecule has 0 N–H and O–H groups in total. The van der Waals surface area contributed by atoms with Crippen LogP contribution in [0, 0.1) is 6.57 Å². The van der Waals surface area contributed by atoms with E-state index in [1.807, 2.05) is 0 Å². The number of sulfone groups is 1. The van der Waals surface area contributed by atoms with Gasteiger partial charge in [-0.15, -0.1) is 11.8 Å². The topological polar surface area (TPSA) is 47.7 Å². The second kappa shape index (κ2) is 3.64. The van der Waals surface area contributed by atoms with Crippen LogP contribution in [0.3, 0.4) is 0 Å². The third-order valence-electron chi connectivity index (χ3n) is 1.45. The van der Waals surface area contributed by atoms with Crippen LogP contribution in [0.15, 0.2) is 0 Å². The molecule has 1 aliphatic rings. The molecular weight excluding hydrogens is 198 g/mol. The zero-order valence-corrected chi connectivity index (χ0v) is 8.19. The molecule has 0 saturated carbocycles. The van der Waals surface area contributed by atoms with E-state index in [9.17, 15) is 8.42 Å². The quantitative estimate of drug-likeness (QED) is 0.614. The van der Waals surface area contributed by atoms with Gasteiger partial charge < -0.3 is 4.74 Å². The number of hydrogen-bond donors (Lipinski definition) is 0. The number of hydrogen-bond acceptors (Lipinski definition) is 4. The van der Waals surface area contributed by atoms with Crippen molar-refractivity contribution < 1.29 is 13.2 Å². The van der Waals surface area contributed by atoms with Gasteiger partial charge >= 0.3 is 5.37 Å². The molecular formula is C6H9NO3S2. The minimum atomic E-state index is -3.30. The van der Waals surface area contributed by atoms with Crippen LogP contribution in [0.5, 0.6) is 0 Å². The fourth-order valence-corrected chi connectivity index (χ4v) is 3.26. The highest BCUT2D eigenvalue weighted by molar-refractivity contribution is 8.01. The van der Waals surface area contributed by atoms with Gasteiger partial charge in [-0.25, -0.2) is 15.0 Å². The summed E-state index contributed by atoms with van der Waals surface area (Å²) < 4.78 is 27.2. The molecule has 0 aromatic rings. The van der Waals surface area contributed by atoms with E-state index < -0.39 is 20.6 Å². The molecule has 2 unspecified atom stereocenters. The lowest BCUT2D eigenvalue weighted by Gasteiger charge is -2.08. The van der Waals surface area contributed by atoms with Crippen LogP contribution in [-0.2, 0) is 14.6 Å². The van der Waals surface area contributed by atoms with E-state index >= 15 is 0 Å². The molecule has 0 amide bonds. The molecule has 1 rings (SSSR count). The van der Waals surface area contributed by atoms with Gasteiger partial charge in [-0.1, -0.05) is 0 Å². The van der Waals surface area contributed by atoms with Gasteiger partial charge in [0.25, 0.3) is 0 Å². The molecule has 0 aromatic heterocycles. The maximum atomic E-state index is 11.0. The molecule has 0 aromatic carbocycles. The molecule has 0 spiro atoms. The van der Waals surface area contributed by atoms with E-state index in [2.05, 4.69) is 4.85 Å². The first-order valence-electron chi connectivity index (χ1n) is 3.34. The van der Waals surface area contributed by atoms with Crippen molar-refractivity contribution in [3.05, 3.63) is 11.4 Å². The van der Waals surface area contributed by atoms with Crippen LogP contribution < -0.4 is 0 Å². The standard InChI is InChI=1S/C6H9NO3S2/c1-7-5(12(2,8)9)6-10-3-4-11-6/h5-6H,3-4H2,2H3. The zero-order valence-electron chi connectivity index (χ0n) is 6.56. The third-order valence-corrected chi connectivity index (χ3v) is 3.97. The van der Waals surface area contributed by atoms with Gasteiger partial charge in [0.15, 0.2) is 5.44 Å². The first kappa shape index (κ1) is 9.84. The Labute approximate surface area is 76.0 Å². The molecule has 0 aliphatic carbocycles. The zero-order chi connectivity index (χ0) is 9.19. The van der Waals surface area contributed by atoms with Crippen molar-refractivity contribution in [1.82, 2.24) is 0 Å². The molecule has 6 heteroatoms. The highest BCUT2D eigenvalue weighted by Gasteiger charge is 2.39. The monoisotopic (exact) mass is 207 g/mol. The Hall–Kier alpha value is -0.250. The lowest BCUT2D eigenvalue weighted by molar-refractivity contribution is 0.146. The lowest BCUT2D eigenvalue weighted by Crippen LogP contribution is -2.27. The minimum absolute atomic E-state index is 0.488. The predicted octanol–water partition coefficient (Wildman–Crippen LogP) is 0.366. The van der Waals surface area contributed by atoms with E-state index in [1.54, 1.807) is 0 Å². The number of thioether (sulfide) groups is 1. The summed E-state index contributed by atoms with van der Waals surface area (Å²) in [5.41, 5.74) is -0.488. The van der Waals surface area contributed by atoms with Crippen LogP contribution in [0.25, 0.3) is 4.85 Å². The number of rotatable bonds is 2. The number of nitrogens with zero attached hydrogens (tertiary/aromatic N) is 1. The Bertz CT molecular complexity index is 286. The van der Waals surface area contributed by atoms with Crippen molar-refractivity contribution >= 4 is 21.6 Å². The van der Waals surface area contributed by atoms with Crippen LogP contribution in [0.1, 0.15) is 0 Å². The first-order chi connectivity index (χ1) is 5.55. The Kier molecular flexibility index (Phi) is 2.99. The third kappa shape index (κ3) is 2.12. The predicted molar refractivity (Wildman–Crippen MR) is 47.4 cm³/mol. The molecule has 1 heterocycles. The van der Waals surface area contributed by atoms with Crippen LogP contribution in [-0.4, -0.2) is 37.8 Å². The van der Waals surface area contributed by atoms with E-state index in [0.717, 1.165) is 12.0 Å². The average Bonchev–Trinajstić information content (AvgIpc) is 2.38. The van der Waals surface area contributed by atoms with E-state index in [4.69, 9.17) is 11.3 Å². The fourth-order valence-electron chi connectivity index (χ4n) is 0.900. The van der Waals surface area contributed by atoms with Gasteiger partial charge in [0.1, 0.15) is 0 Å². The second-order valence-corrected chi connectivity index (χ2v) is 5.81. The summed E-state index contributed by atoms with van der Waals surface area (Å²) in [6, 6.07) is 0. The summed E-state index contributed by atoms with van der Waals surface area (Å²) in [6.45, 7) is 7.27. The van der Waals surface area contributed by atoms with Crippen molar-refractivity contribution in [2.75, 3.05) is 18.6 Å². The maximum Gasteiger partial charge on any atom is 0.354 e. The largest absolute Gasteiger partial charge is 0.357 e. The maximum absolute atomic E-state index is 11.0. The molecule has 1 aliphatic heterocycles. The molecule has 1 saturated heterocycles. The van der Waals surface area contributed by atoms with Crippen molar-refractivity contribution in [3.63, 3.8) is 0 Å². The molecule has 12 heavy (non-hydrogen) atoms. The van der Waals surface area contributed by atoms with Crippen molar-refractivity contribution in [2.24, 2.45) is 0 Å². The van der Waals surface area contributed by atoms with E-state index in [-0.39, 0.29) is 0 Å². The molecule has 68 valence electrons. The Morgan fingerprint density at radius 2 is 2.42 bits per heavy atom. The van der Waals surface area contributed by atoms with Gasteiger partial charge in [-0.2, -0.15) is 0 Å². The summed E-state index contributed by atoms with van der Waals surface area (Å²) in [6.07, 6.45) is 1.07. The van der Waals surface area contributed by atoms with E-state index in [1.165, 1.54) is 11.8 Å². The summed E-state index contributed by atoms with van der Waals surface area (Å²) in [7, 11) is -3.30. The van der Waals surface area contributed by atoms with Crippen molar-refractivity contribution in [3.8, 4) is 0 Å². The summed E-state index contributed by atoms with van der Waals surface area (Å²) in [4.78, 5) is 3.06. The first-order valence-corrected chi connectivity index (χ1v) is 6.34. The summed E-state index contributed by atoms with van der Waals surface area (Å²) in [5, 5.41) is -1.04. The van der Waals surface area contributed by atoms with Gasteiger partial charge in [-0.3, -0.25) is 4.85 Å². The van der Waals surface area contributed by atoms with Gasteiger partial charge in [0, 0.05) is 12.0 Å². The molecule has 0 radical (unpaired) electrons. The highest BCUT2D eigenvalue weighted by Crippen LogP contribution is 2.26. The SMILES string of the molecule is [C-]#[N+]C(C1OCCS1)S(C)(=O)=O. The Morgan fingerprint density at radius 1 is 1.75 bits per heavy atom. The smallest absolute Gasteiger partial charge is 0.354 e. The van der Waals surface area contributed by atoms with Gasteiger partial charge in [0.2, 0.25) is 9.84 Å². The lowest BCUT2D eigenvalue weighted by atomic mass is 10.7. The van der Waals surface area contributed by atoms with E-state index in [0.29, 0.717) is 6.61 Å². The Morgan fingerprint density at radius 3 is 2.75 bits per heavy atom. The van der Waals surface area contributed by atoms with Gasteiger partial charge in [-0.05, 0) is 0 Å². The normalized spacial score (nSPS) is 26.5. The number of ether oxygens (including phenoxy) is 1. The highest BCUT2D eigenvalue weighted by atomic mass is 32.2. The average molecular weight is 207 g/mol. The van der Waals surface area contributed by atoms with Crippen LogP contribution >= 0.6 is 11.8 Å². The summed E-state index contributed by atoms with van der Waals surface area (Å²) in [5.74, 6) is 0.770. The summed E-state index contributed by atoms with van der Waals surface area (Å²) >= 11 is 1.39. The molecule has 0 bridgehead atoms. The fraction of sp³-hybridized carbons (Fsp3) is 0.833. The molecule has 2 atom stereocenters. The Balaban J connectivity index is 2.77. The molecule has 1 fully saturated rings. The molecule has 4 nitrogen and oxygen atoms in total. The second-order valence-electron chi connectivity index (χ2n) is 2.46. The van der Waals surface area contributed by atoms with Crippen LogP contribution in [0.2, 0.25) is 0 Å². The van der Waals surface area contributed by atoms with Crippen molar-refractivity contribution in [2.45, 2.75) is 10.8 Å². The van der Waals surface area contributed by atoms with Crippen molar-refractivity contribution in [1.29, 1.82) is 0 Å². The van der Waals surface area contributed by atoms with Gasteiger partial charge in [0.05, 0.1) is 6.61 Å².